The van der Waals surface area contributed by atoms with E-state index in [0.717, 1.165) is 5.75 Å². The van der Waals surface area contributed by atoms with E-state index < -0.39 is 0 Å². The van der Waals surface area contributed by atoms with Crippen LogP contribution in [0.1, 0.15) is 0 Å². The first kappa shape index (κ1) is 18.5. The number of nitrogens with one attached hydrogen (secondary N) is 2. The fourth-order valence-electron chi connectivity index (χ4n) is 2.71. The molecule has 3 aromatic rings. The second kappa shape index (κ2) is 8.88. The van der Waals surface area contributed by atoms with Gasteiger partial charge in [0.25, 0.3) is 0 Å². The van der Waals surface area contributed by atoms with Crippen molar-refractivity contribution < 1.29 is 23.7 Å². The number of benzene rings is 3. The highest BCUT2D eigenvalue weighted by Gasteiger charge is 2.13. The lowest BCUT2D eigenvalue weighted by Crippen LogP contribution is -2.32. The van der Waals surface area contributed by atoms with Crippen molar-refractivity contribution in [2.45, 2.75) is 0 Å². The van der Waals surface area contributed by atoms with Gasteiger partial charge in [0.2, 0.25) is 6.79 Å². The smallest absolute Gasteiger partial charge is 0.319 e. The zero-order chi connectivity index (χ0) is 19.9. The predicted octanol–water partition coefficient (Wildman–Crippen LogP) is 4.41. The van der Waals surface area contributed by atoms with Crippen molar-refractivity contribution in [2.75, 3.05) is 25.3 Å². The second-order valence-corrected chi connectivity index (χ2v) is 6.18. The summed E-state index contributed by atoms with van der Waals surface area (Å²) in [7, 11) is 0. The predicted molar refractivity (Wildman–Crippen MR) is 108 cm³/mol. The van der Waals surface area contributed by atoms with Gasteiger partial charge in [-0.1, -0.05) is 18.2 Å². The largest absolute Gasteiger partial charge is 0.492 e. The number of rotatable bonds is 7. The Kier molecular flexibility index (Phi) is 5.66. The van der Waals surface area contributed by atoms with Crippen LogP contribution in [0.25, 0.3) is 0 Å². The summed E-state index contributed by atoms with van der Waals surface area (Å²) in [6, 6.07) is 21.7. The van der Waals surface area contributed by atoms with Gasteiger partial charge in [-0.3, -0.25) is 0 Å². The summed E-state index contributed by atoms with van der Waals surface area (Å²) in [6.45, 7) is 0.909. The van der Waals surface area contributed by atoms with Crippen molar-refractivity contribution >= 4 is 11.7 Å². The first-order valence-corrected chi connectivity index (χ1v) is 9.16. The summed E-state index contributed by atoms with van der Waals surface area (Å²) in [5.74, 6) is 3.47. The van der Waals surface area contributed by atoms with Gasteiger partial charge >= 0.3 is 6.03 Å². The number of carbonyl (C=O) groups is 1. The summed E-state index contributed by atoms with van der Waals surface area (Å²) < 4.78 is 21.9. The van der Waals surface area contributed by atoms with Crippen LogP contribution >= 0.6 is 0 Å². The van der Waals surface area contributed by atoms with E-state index in [4.69, 9.17) is 18.9 Å². The Morgan fingerprint density at radius 2 is 1.59 bits per heavy atom. The molecule has 0 aliphatic carbocycles. The Hall–Kier alpha value is -3.87. The quantitative estimate of drug-likeness (QED) is 0.583. The maximum Gasteiger partial charge on any atom is 0.319 e. The van der Waals surface area contributed by atoms with E-state index in [9.17, 15) is 4.79 Å². The zero-order valence-electron chi connectivity index (χ0n) is 15.6. The first-order chi connectivity index (χ1) is 14.3. The van der Waals surface area contributed by atoms with Crippen LogP contribution < -0.4 is 29.6 Å². The van der Waals surface area contributed by atoms with Crippen molar-refractivity contribution in [1.29, 1.82) is 0 Å². The fourth-order valence-corrected chi connectivity index (χ4v) is 2.71. The van der Waals surface area contributed by atoms with Crippen LogP contribution in [0.2, 0.25) is 0 Å². The molecule has 1 heterocycles. The van der Waals surface area contributed by atoms with Crippen LogP contribution in [-0.4, -0.2) is 26.0 Å². The summed E-state index contributed by atoms with van der Waals surface area (Å²) >= 11 is 0. The number of hydrogen-bond donors (Lipinski definition) is 2. The Morgan fingerprint density at radius 3 is 2.41 bits per heavy atom. The molecule has 7 heteroatoms. The Morgan fingerprint density at radius 1 is 0.862 bits per heavy atom. The average Bonchev–Trinajstić information content (AvgIpc) is 3.21. The normalized spacial score (nSPS) is 11.6. The summed E-state index contributed by atoms with van der Waals surface area (Å²) in [5, 5.41) is 5.51. The number of para-hydroxylation sites is 1. The first-order valence-electron chi connectivity index (χ1n) is 9.16. The highest BCUT2D eigenvalue weighted by Crippen LogP contribution is 2.35. The molecular formula is C22H20N2O5. The van der Waals surface area contributed by atoms with E-state index in [1.165, 1.54) is 0 Å². The molecule has 0 radical (unpaired) electrons. The van der Waals surface area contributed by atoms with Crippen molar-refractivity contribution in [2.24, 2.45) is 0 Å². The third-order valence-electron chi connectivity index (χ3n) is 4.09. The molecule has 7 nitrogen and oxygen atoms in total. The molecule has 0 unspecified atom stereocenters. The van der Waals surface area contributed by atoms with Gasteiger partial charge in [-0.2, -0.15) is 0 Å². The SMILES string of the molecule is O=C(NCCOc1ccc2c(c1)OCO2)Nc1ccc(Oc2ccccc2)cc1. The number of amides is 2. The monoisotopic (exact) mass is 392 g/mol. The molecule has 0 saturated carbocycles. The number of fused-ring (bicyclic) bond motifs is 1. The molecule has 3 aromatic carbocycles. The molecule has 0 spiro atoms. The van der Waals surface area contributed by atoms with E-state index >= 15 is 0 Å². The summed E-state index contributed by atoms with van der Waals surface area (Å²) in [4.78, 5) is 12.0. The molecule has 29 heavy (non-hydrogen) atoms. The van der Waals surface area contributed by atoms with E-state index in [1.807, 2.05) is 30.3 Å². The minimum atomic E-state index is -0.309. The number of carbonyl (C=O) groups excluding carboxylic acids is 1. The lowest BCUT2D eigenvalue weighted by Gasteiger charge is -2.10. The van der Waals surface area contributed by atoms with E-state index in [1.54, 1.807) is 42.5 Å². The third kappa shape index (κ3) is 5.10. The van der Waals surface area contributed by atoms with Gasteiger partial charge in [0.15, 0.2) is 11.5 Å². The Bertz CT molecular complexity index is 961. The molecule has 1 aliphatic rings. The summed E-state index contributed by atoms with van der Waals surface area (Å²) in [6.07, 6.45) is 0. The fraction of sp³-hybridized carbons (Fsp3) is 0.136. The average molecular weight is 392 g/mol. The molecular weight excluding hydrogens is 372 g/mol. The minimum absolute atomic E-state index is 0.222. The molecule has 0 bridgehead atoms. The van der Waals surface area contributed by atoms with Gasteiger partial charge in [0.05, 0.1) is 6.54 Å². The highest BCUT2D eigenvalue weighted by molar-refractivity contribution is 5.89. The molecule has 148 valence electrons. The molecule has 2 N–H and O–H groups in total. The Labute approximate surface area is 168 Å². The van der Waals surface area contributed by atoms with Crippen LogP contribution in [0.15, 0.2) is 72.8 Å². The lowest BCUT2D eigenvalue weighted by atomic mass is 10.3. The van der Waals surface area contributed by atoms with E-state index in [0.29, 0.717) is 41.8 Å². The van der Waals surface area contributed by atoms with Crippen LogP contribution in [0.4, 0.5) is 10.5 Å². The highest BCUT2D eigenvalue weighted by atomic mass is 16.7. The van der Waals surface area contributed by atoms with Gasteiger partial charge < -0.3 is 29.6 Å². The van der Waals surface area contributed by atoms with E-state index in [2.05, 4.69) is 10.6 Å². The van der Waals surface area contributed by atoms with Crippen LogP contribution in [0.5, 0.6) is 28.7 Å². The van der Waals surface area contributed by atoms with E-state index in [-0.39, 0.29) is 12.8 Å². The number of hydrogen-bond acceptors (Lipinski definition) is 5. The van der Waals surface area contributed by atoms with Gasteiger partial charge in [-0.15, -0.1) is 0 Å². The molecule has 0 saturated heterocycles. The van der Waals surface area contributed by atoms with Crippen molar-refractivity contribution in [3.05, 3.63) is 72.8 Å². The third-order valence-corrected chi connectivity index (χ3v) is 4.09. The lowest BCUT2D eigenvalue weighted by molar-refractivity contribution is 0.173. The molecule has 0 fully saturated rings. The number of ether oxygens (including phenoxy) is 4. The van der Waals surface area contributed by atoms with Gasteiger partial charge in [0.1, 0.15) is 23.9 Å². The zero-order valence-corrected chi connectivity index (χ0v) is 15.6. The number of anilines is 1. The van der Waals surface area contributed by atoms with Crippen molar-refractivity contribution in [1.82, 2.24) is 5.32 Å². The van der Waals surface area contributed by atoms with Gasteiger partial charge in [-0.05, 0) is 48.5 Å². The van der Waals surface area contributed by atoms with Crippen LogP contribution in [0, 0.1) is 0 Å². The van der Waals surface area contributed by atoms with Crippen LogP contribution in [0.3, 0.4) is 0 Å². The van der Waals surface area contributed by atoms with Crippen molar-refractivity contribution in [3.8, 4) is 28.7 Å². The number of urea groups is 1. The summed E-state index contributed by atoms with van der Waals surface area (Å²) in [5.41, 5.74) is 0.666. The molecule has 4 rings (SSSR count). The van der Waals surface area contributed by atoms with Crippen LogP contribution in [-0.2, 0) is 0 Å². The maximum absolute atomic E-state index is 12.0. The van der Waals surface area contributed by atoms with Gasteiger partial charge in [-0.25, -0.2) is 4.79 Å². The topological polar surface area (TPSA) is 78.1 Å². The Balaban J connectivity index is 1.18. The standard InChI is InChI=1S/C22H20N2O5/c25-22(23-12-13-26-19-10-11-20-21(14-19)28-15-27-20)24-16-6-8-18(9-7-16)29-17-4-2-1-3-5-17/h1-11,14H,12-13,15H2,(H2,23,24,25). The molecule has 1 aliphatic heterocycles. The van der Waals surface area contributed by atoms with Crippen molar-refractivity contribution in [3.63, 3.8) is 0 Å². The molecule has 2 amide bonds. The minimum Gasteiger partial charge on any atom is -0.492 e. The maximum atomic E-state index is 12.0. The molecule has 0 atom stereocenters. The molecule has 0 aromatic heterocycles. The van der Waals surface area contributed by atoms with Gasteiger partial charge in [0, 0.05) is 11.8 Å². The second-order valence-electron chi connectivity index (χ2n) is 6.18.